The standard InChI is InChI=1S/C16H16N4O4/c1-18-14(21)8-20(9-15(18)22)11-5-3-4-10(6-11)13-7-12(16(23)24)17-19(13)2/h3-7H,8-9H2,1-2H3,(H,23,24). The molecule has 1 aliphatic heterocycles. The van der Waals surface area contributed by atoms with Crippen LogP contribution in [0.5, 0.6) is 0 Å². The maximum Gasteiger partial charge on any atom is 0.356 e. The molecule has 1 aliphatic rings. The maximum absolute atomic E-state index is 11.9. The SMILES string of the molecule is CN1C(=O)CN(c2cccc(-c3cc(C(=O)O)nn3C)c2)CC1=O. The van der Waals surface area contributed by atoms with Gasteiger partial charge < -0.3 is 10.0 Å². The Morgan fingerprint density at radius 2 is 1.79 bits per heavy atom. The molecule has 2 aromatic rings. The fraction of sp³-hybridized carbons (Fsp3) is 0.250. The second kappa shape index (κ2) is 5.80. The summed E-state index contributed by atoms with van der Waals surface area (Å²) in [6, 6.07) is 8.73. The van der Waals surface area contributed by atoms with E-state index in [1.807, 2.05) is 18.2 Å². The molecule has 124 valence electrons. The minimum absolute atomic E-state index is 0.0390. The van der Waals surface area contributed by atoms with E-state index in [4.69, 9.17) is 5.11 Å². The maximum atomic E-state index is 11.9. The summed E-state index contributed by atoms with van der Waals surface area (Å²) in [5.41, 5.74) is 2.08. The molecule has 24 heavy (non-hydrogen) atoms. The second-order valence-electron chi connectivity index (χ2n) is 5.60. The molecule has 1 fully saturated rings. The van der Waals surface area contributed by atoms with Crippen molar-refractivity contribution in [2.24, 2.45) is 7.05 Å². The van der Waals surface area contributed by atoms with Gasteiger partial charge in [-0.05, 0) is 18.2 Å². The molecular weight excluding hydrogens is 312 g/mol. The van der Waals surface area contributed by atoms with Gasteiger partial charge in [-0.2, -0.15) is 5.10 Å². The summed E-state index contributed by atoms with van der Waals surface area (Å²) in [5.74, 6) is -1.61. The number of aromatic nitrogens is 2. The number of amides is 2. The van der Waals surface area contributed by atoms with Crippen molar-refractivity contribution < 1.29 is 19.5 Å². The van der Waals surface area contributed by atoms with Crippen LogP contribution in [0, 0.1) is 0 Å². The van der Waals surface area contributed by atoms with E-state index in [0.29, 0.717) is 5.69 Å². The number of anilines is 1. The highest BCUT2D eigenvalue weighted by Crippen LogP contribution is 2.26. The van der Waals surface area contributed by atoms with E-state index in [9.17, 15) is 14.4 Å². The van der Waals surface area contributed by atoms with Gasteiger partial charge in [0.25, 0.3) is 0 Å². The molecule has 3 rings (SSSR count). The molecule has 1 N–H and O–H groups in total. The van der Waals surface area contributed by atoms with Gasteiger partial charge >= 0.3 is 5.97 Å². The Kier molecular flexibility index (Phi) is 3.80. The van der Waals surface area contributed by atoms with Crippen molar-refractivity contribution in [3.05, 3.63) is 36.0 Å². The van der Waals surface area contributed by atoms with Gasteiger partial charge in [0.2, 0.25) is 11.8 Å². The van der Waals surface area contributed by atoms with E-state index in [1.54, 1.807) is 18.0 Å². The predicted octanol–water partition coefficient (Wildman–Crippen LogP) is 0.590. The molecule has 0 radical (unpaired) electrons. The lowest BCUT2D eigenvalue weighted by molar-refractivity contribution is -0.143. The molecule has 1 aromatic carbocycles. The Morgan fingerprint density at radius 3 is 2.38 bits per heavy atom. The third kappa shape index (κ3) is 2.73. The Balaban J connectivity index is 1.94. The fourth-order valence-corrected chi connectivity index (χ4v) is 2.62. The van der Waals surface area contributed by atoms with E-state index < -0.39 is 5.97 Å². The quantitative estimate of drug-likeness (QED) is 0.829. The number of carbonyl (C=O) groups excluding carboxylic acids is 2. The normalized spacial score (nSPS) is 15.1. The monoisotopic (exact) mass is 328 g/mol. The molecule has 2 amide bonds. The Bertz CT molecular complexity index is 824. The van der Waals surface area contributed by atoms with Crippen LogP contribution in [0.25, 0.3) is 11.3 Å². The summed E-state index contributed by atoms with van der Waals surface area (Å²) in [4.78, 5) is 37.6. The number of carboxylic acid groups (broad SMARTS) is 1. The number of carboxylic acids is 1. The summed E-state index contributed by atoms with van der Waals surface area (Å²) >= 11 is 0. The molecule has 8 nitrogen and oxygen atoms in total. The Hall–Kier alpha value is -3.16. The summed E-state index contributed by atoms with van der Waals surface area (Å²) < 4.78 is 1.49. The number of piperazine rings is 1. The van der Waals surface area contributed by atoms with Crippen LogP contribution in [0.4, 0.5) is 5.69 Å². The topological polar surface area (TPSA) is 95.7 Å². The van der Waals surface area contributed by atoms with Crippen molar-refractivity contribution >= 4 is 23.5 Å². The number of benzene rings is 1. The van der Waals surface area contributed by atoms with E-state index >= 15 is 0 Å². The minimum atomic E-state index is -1.09. The number of nitrogens with zero attached hydrogens (tertiary/aromatic N) is 4. The van der Waals surface area contributed by atoms with Crippen molar-refractivity contribution in [3.63, 3.8) is 0 Å². The van der Waals surface area contributed by atoms with Crippen molar-refractivity contribution in [3.8, 4) is 11.3 Å². The zero-order valence-electron chi connectivity index (χ0n) is 13.3. The van der Waals surface area contributed by atoms with Crippen LogP contribution in [0.2, 0.25) is 0 Å². The van der Waals surface area contributed by atoms with Gasteiger partial charge in [0.1, 0.15) is 0 Å². The average Bonchev–Trinajstić information content (AvgIpc) is 2.94. The molecule has 1 aromatic heterocycles. The molecule has 0 atom stereocenters. The van der Waals surface area contributed by atoms with Gasteiger partial charge in [-0.1, -0.05) is 12.1 Å². The number of aryl methyl sites for hydroxylation is 1. The molecule has 1 saturated heterocycles. The van der Waals surface area contributed by atoms with Gasteiger partial charge in [0.15, 0.2) is 5.69 Å². The fourth-order valence-electron chi connectivity index (χ4n) is 2.62. The van der Waals surface area contributed by atoms with Gasteiger partial charge in [0, 0.05) is 25.3 Å². The Morgan fingerprint density at radius 1 is 1.12 bits per heavy atom. The largest absolute Gasteiger partial charge is 0.476 e. The lowest BCUT2D eigenvalue weighted by Crippen LogP contribution is -2.52. The van der Waals surface area contributed by atoms with Crippen LogP contribution in [0.15, 0.2) is 30.3 Å². The highest BCUT2D eigenvalue weighted by Gasteiger charge is 2.28. The molecule has 0 unspecified atom stereocenters. The highest BCUT2D eigenvalue weighted by atomic mass is 16.4. The average molecular weight is 328 g/mol. The van der Waals surface area contributed by atoms with Gasteiger partial charge in [-0.15, -0.1) is 0 Å². The number of imide groups is 1. The number of likely N-dealkylation sites (N-methyl/N-ethyl adjacent to an activating group) is 1. The zero-order chi connectivity index (χ0) is 17.4. The van der Waals surface area contributed by atoms with E-state index in [0.717, 1.165) is 16.2 Å². The van der Waals surface area contributed by atoms with Crippen molar-refractivity contribution in [2.45, 2.75) is 0 Å². The highest BCUT2D eigenvalue weighted by molar-refractivity contribution is 6.02. The molecule has 0 saturated carbocycles. The number of hydrogen-bond acceptors (Lipinski definition) is 5. The molecule has 0 bridgehead atoms. The predicted molar refractivity (Wildman–Crippen MR) is 85.6 cm³/mol. The van der Waals surface area contributed by atoms with Crippen LogP contribution >= 0.6 is 0 Å². The molecule has 8 heteroatoms. The number of rotatable bonds is 3. The number of hydrogen-bond donors (Lipinski definition) is 1. The molecule has 2 heterocycles. The van der Waals surface area contributed by atoms with Gasteiger partial charge in [-0.25, -0.2) is 4.79 Å². The molecule has 0 aliphatic carbocycles. The second-order valence-corrected chi connectivity index (χ2v) is 5.60. The first-order chi connectivity index (χ1) is 11.4. The van der Waals surface area contributed by atoms with Crippen LogP contribution in [0.1, 0.15) is 10.5 Å². The van der Waals surface area contributed by atoms with Crippen LogP contribution in [0.3, 0.4) is 0 Å². The molecule has 0 spiro atoms. The number of carbonyl (C=O) groups is 3. The van der Waals surface area contributed by atoms with E-state index in [1.165, 1.54) is 17.8 Å². The lowest BCUT2D eigenvalue weighted by Gasteiger charge is -2.32. The minimum Gasteiger partial charge on any atom is -0.476 e. The molecular formula is C16H16N4O4. The summed E-state index contributed by atoms with van der Waals surface area (Å²) in [6.07, 6.45) is 0. The first-order valence-electron chi connectivity index (χ1n) is 7.29. The van der Waals surface area contributed by atoms with E-state index in [2.05, 4.69) is 5.10 Å². The van der Waals surface area contributed by atoms with Crippen LogP contribution < -0.4 is 4.90 Å². The third-order valence-corrected chi connectivity index (χ3v) is 4.01. The van der Waals surface area contributed by atoms with Crippen molar-refractivity contribution in [1.82, 2.24) is 14.7 Å². The van der Waals surface area contributed by atoms with Crippen molar-refractivity contribution in [2.75, 3.05) is 25.0 Å². The van der Waals surface area contributed by atoms with Crippen LogP contribution in [-0.4, -0.2) is 57.7 Å². The summed E-state index contributed by atoms with van der Waals surface area (Å²) in [6.45, 7) is 0.245. The first kappa shape index (κ1) is 15.7. The third-order valence-electron chi connectivity index (χ3n) is 4.01. The van der Waals surface area contributed by atoms with Crippen molar-refractivity contribution in [1.29, 1.82) is 0 Å². The Labute approximate surface area is 137 Å². The van der Waals surface area contributed by atoms with Gasteiger partial charge in [-0.3, -0.25) is 19.2 Å². The number of aromatic carboxylic acids is 1. The summed E-state index contributed by atoms with van der Waals surface area (Å²) in [5, 5.41) is 13.0. The lowest BCUT2D eigenvalue weighted by atomic mass is 10.1. The first-order valence-corrected chi connectivity index (χ1v) is 7.29. The zero-order valence-corrected chi connectivity index (χ0v) is 13.3. The van der Waals surface area contributed by atoms with E-state index in [-0.39, 0.29) is 30.6 Å². The van der Waals surface area contributed by atoms with Gasteiger partial charge in [0.05, 0.1) is 18.8 Å². The van der Waals surface area contributed by atoms with Crippen LogP contribution in [-0.2, 0) is 16.6 Å². The smallest absolute Gasteiger partial charge is 0.356 e. The summed E-state index contributed by atoms with van der Waals surface area (Å²) in [7, 11) is 3.14.